The molecule has 0 aromatic rings. The Morgan fingerprint density at radius 3 is 0.950 bits per heavy atom. The van der Waals surface area contributed by atoms with Gasteiger partial charge in [-0.25, -0.2) is 0 Å². The Hall–Kier alpha value is -2.11. The van der Waals surface area contributed by atoms with Crippen molar-refractivity contribution in [1.29, 1.82) is 0 Å². The van der Waals surface area contributed by atoms with Crippen LogP contribution in [-0.2, 0) is 28.6 Å². The molecule has 6 nitrogen and oxygen atoms in total. The lowest BCUT2D eigenvalue weighted by Crippen LogP contribution is -2.30. The number of allylic oxidation sites excluding steroid dienone is 4. The number of carbonyl (C=O) groups excluding carboxylic acids is 3. The first-order valence-electron chi connectivity index (χ1n) is 26.3. The van der Waals surface area contributed by atoms with Crippen molar-refractivity contribution in [3.63, 3.8) is 0 Å². The highest BCUT2D eigenvalue weighted by molar-refractivity contribution is 5.71. The molecular formula is C54H100O6. The van der Waals surface area contributed by atoms with Gasteiger partial charge in [-0.05, 0) is 51.4 Å². The van der Waals surface area contributed by atoms with Crippen molar-refractivity contribution in [3.05, 3.63) is 24.3 Å². The quantitative estimate of drug-likeness (QED) is 0.0263. The molecule has 352 valence electrons. The molecule has 0 unspecified atom stereocenters. The zero-order valence-electron chi connectivity index (χ0n) is 40.2. The fourth-order valence-corrected chi connectivity index (χ4v) is 7.71. The van der Waals surface area contributed by atoms with Crippen LogP contribution in [0.1, 0.15) is 284 Å². The monoisotopic (exact) mass is 845 g/mol. The number of unbranched alkanes of at least 4 members (excludes halogenated alkanes) is 33. The summed E-state index contributed by atoms with van der Waals surface area (Å²) in [7, 11) is 0. The molecule has 0 aliphatic carbocycles. The molecule has 0 aromatic carbocycles. The minimum absolute atomic E-state index is 0.0688. The van der Waals surface area contributed by atoms with E-state index in [2.05, 4.69) is 45.1 Å². The molecule has 6 heteroatoms. The van der Waals surface area contributed by atoms with Crippen molar-refractivity contribution >= 4 is 17.9 Å². The van der Waals surface area contributed by atoms with Gasteiger partial charge >= 0.3 is 17.9 Å². The number of hydrogen-bond donors (Lipinski definition) is 0. The Morgan fingerprint density at radius 1 is 0.333 bits per heavy atom. The molecule has 60 heavy (non-hydrogen) atoms. The second-order valence-corrected chi connectivity index (χ2v) is 17.8. The predicted octanol–water partition coefficient (Wildman–Crippen LogP) is 17.2. The number of ether oxygens (including phenoxy) is 3. The summed E-state index contributed by atoms with van der Waals surface area (Å²) in [6.07, 6.45) is 55.8. The molecule has 0 saturated carbocycles. The minimum Gasteiger partial charge on any atom is -0.462 e. The van der Waals surface area contributed by atoms with E-state index in [-0.39, 0.29) is 31.1 Å². The van der Waals surface area contributed by atoms with Crippen molar-refractivity contribution in [1.82, 2.24) is 0 Å². The lowest BCUT2D eigenvalue weighted by atomic mass is 10.0. The van der Waals surface area contributed by atoms with Crippen LogP contribution in [0.3, 0.4) is 0 Å². The van der Waals surface area contributed by atoms with Crippen molar-refractivity contribution in [2.45, 2.75) is 290 Å². The average molecular weight is 845 g/mol. The summed E-state index contributed by atoms with van der Waals surface area (Å²) >= 11 is 0. The molecule has 0 heterocycles. The van der Waals surface area contributed by atoms with Gasteiger partial charge in [0.25, 0.3) is 0 Å². The fourth-order valence-electron chi connectivity index (χ4n) is 7.71. The van der Waals surface area contributed by atoms with Crippen LogP contribution >= 0.6 is 0 Å². The summed E-state index contributed by atoms with van der Waals surface area (Å²) in [4.78, 5) is 37.9. The highest BCUT2D eigenvalue weighted by atomic mass is 16.6. The van der Waals surface area contributed by atoms with Gasteiger partial charge in [-0.3, -0.25) is 14.4 Å². The molecular weight excluding hydrogens is 745 g/mol. The normalized spacial score (nSPS) is 12.1. The molecule has 0 saturated heterocycles. The van der Waals surface area contributed by atoms with Gasteiger partial charge in [0.2, 0.25) is 0 Å². The number of carbonyl (C=O) groups is 3. The Kier molecular flexibility index (Phi) is 47.8. The van der Waals surface area contributed by atoms with Crippen LogP contribution in [0.15, 0.2) is 24.3 Å². The molecule has 0 fully saturated rings. The van der Waals surface area contributed by atoms with E-state index in [0.717, 1.165) is 70.6 Å². The third-order valence-corrected chi connectivity index (χ3v) is 11.7. The third-order valence-electron chi connectivity index (χ3n) is 11.7. The topological polar surface area (TPSA) is 78.9 Å². The van der Waals surface area contributed by atoms with E-state index in [1.165, 1.54) is 173 Å². The van der Waals surface area contributed by atoms with Gasteiger partial charge in [0.15, 0.2) is 6.10 Å². The second kappa shape index (κ2) is 49.5. The first-order chi connectivity index (χ1) is 29.5. The van der Waals surface area contributed by atoms with Crippen molar-refractivity contribution in [3.8, 4) is 0 Å². The fraction of sp³-hybridized carbons (Fsp3) is 0.870. The van der Waals surface area contributed by atoms with Crippen molar-refractivity contribution in [2.75, 3.05) is 13.2 Å². The SMILES string of the molecule is CCCCCC=CCC=CCCCCCCCCCC(=O)OC[C@@H](COC(=O)CCCCCCCCCCCCCC)OC(=O)CCCCCCCCCCCCCCC. The van der Waals surface area contributed by atoms with E-state index in [0.29, 0.717) is 19.3 Å². The standard InChI is InChI=1S/C54H100O6/c1-4-7-10-13-16-19-22-25-26-27-28-30-32-35-38-41-44-47-53(56)59-50-51(49-58-52(55)46-43-40-37-34-31-24-21-18-15-12-9-6-3)60-54(57)48-45-42-39-36-33-29-23-20-17-14-11-8-5-2/h16,19,25-26,51H,4-15,17-18,20-24,27-50H2,1-3H3/t51-/m1/s1. The molecule has 0 radical (unpaired) electrons. The van der Waals surface area contributed by atoms with E-state index < -0.39 is 6.10 Å². The largest absolute Gasteiger partial charge is 0.462 e. The maximum Gasteiger partial charge on any atom is 0.306 e. The van der Waals surface area contributed by atoms with Gasteiger partial charge in [0.05, 0.1) is 0 Å². The molecule has 0 aliphatic heterocycles. The summed E-state index contributed by atoms with van der Waals surface area (Å²) in [6.45, 7) is 6.63. The summed E-state index contributed by atoms with van der Waals surface area (Å²) in [5, 5.41) is 0. The molecule has 0 aromatic heterocycles. The Bertz CT molecular complexity index is 973. The van der Waals surface area contributed by atoms with Crippen LogP contribution in [0.25, 0.3) is 0 Å². The van der Waals surface area contributed by atoms with Gasteiger partial charge in [0.1, 0.15) is 13.2 Å². The smallest absolute Gasteiger partial charge is 0.306 e. The van der Waals surface area contributed by atoms with E-state index in [1.54, 1.807) is 0 Å². The highest BCUT2D eigenvalue weighted by Gasteiger charge is 2.19. The molecule has 0 rings (SSSR count). The van der Waals surface area contributed by atoms with Crippen LogP contribution in [0.2, 0.25) is 0 Å². The molecule has 0 amide bonds. The van der Waals surface area contributed by atoms with Crippen LogP contribution in [0.5, 0.6) is 0 Å². The zero-order valence-corrected chi connectivity index (χ0v) is 40.2. The average Bonchev–Trinajstić information content (AvgIpc) is 3.24. The second-order valence-electron chi connectivity index (χ2n) is 17.8. The molecule has 0 aliphatic rings. The number of hydrogen-bond acceptors (Lipinski definition) is 6. The summed E-state index contributed by atoms with van der Waals surface area (Å²) in [5.41, 5.74) is 0. The predicted molar refractivity (Wildman–Crippen MR) is 256 cm³/mol. The van der Waals surface area contributed by atoms with Crippen LogP contribution in [-0.4, -0.2) is 37.2 Å². The van der Waals surface area contributed by atoms with Crippen molar-refractivity contribution in [2.24, 2.45) is 0 Å². The van der Waals surface area contributed by atoms with Crippen LogP contribution < -0.4 is 0 Å². The minimum atomic E-state index is -0.767. The third kappa shape index (κ3) is 46.9. The highest BCUT2D eigenvalue weighted by Crippen LogP contribution is 2.16. The van der Waals surface area contributed by atoms with Gasteiger partial charge < -0.3 is 14.2 Å². The van der Waals surface area contributed by atoms with Gasteiger partial charge in [0, 0.05) is 19.3 Å². The first kappa shape index (κ1) is 57.9. The summed E-state index contributed by atoms with van der Waals surface area (Å²) in [6, 6.07) is 0. The van der Waals surface area contributed by atoms with Crippen LogP contribution in [0.4, 0.5) is 0 Å². The Morgan fingerprint density at radius 2 is 0.600 bits per heavy atom. The molecule has 0 N–H and O–H groups in total. The molecule has 0 bridgehead atoms. The van der Waals surface area contributed by atoms with Crippen LogP contribution in [0, 0.1) is 0 Å². The number of rotatable bonds is 48. The maximum atomic E-state index is 12.8. The van der Waals surface area contributed by atoms with E-state index in [1.807, 2.05) is 0 Å². The van der Waals surface area contributed by atoms with E-state index >= 15 is 0 Å². The zero-order chi connectivity index (χ0) is 43.7. The number of esters is 3. The summed E-state index contributed by atoms with van der Waals surface area (Å²) in [5.74, 6) is -0.862. The Labute approximate surface area is 373 Å². The summed E-state index contributed by atoms with van der Waals surface area (Å²) < 4.78 is 16.8. The van der Waals surface area contributed by atoms with Gasteiger partial charge in [-0.15, -0.1) is 0 Å². The maximum absolute atomic E-state index is 12.8. The first-order valence-corrected chi connectivity index (χ1v) is 26.3. The molecule has 1 atom stereocenters. The lowest BCUT2D eigenvalue weighted by molar-refractivity contribution is -0.167. The Balaban J connectivity index is 4.33. The van der Waals surface area contributed by atoms with E-state index in [9.17, 15) is 14.4 Å². The lowest BCUT2D eigenvalue weighted by Gasteiger charge is -2.18. The molecule has 0 spiro atoms. The van der Waals surface area contributed by atoms with Gasteiger partial charge in [-0.1, -0.05) is 238 Å². The van der Waals surface area contributed by atoms with E-state index in [4.69, 9.17) is 14.2 Å². The van der Waals surface area contributed by atoms with Crippen molar-refractivity contribution < 1.29 is 28.6 Å². The van der Waals surface area contributed by atoms with Gasteiger partial charge in [-0.2, -0.15) is 0 Å².